The molecule has 2 aromatic heterocycles. The minimum atomic E-state index is -0.697. The van der Waals surface area contributed by atoms with Gasteiger partial charge in [-0.1, -0.05) is 18.2 Å². The van der Waals surface area contributed by atoms with Gasteiger partial charge < -0.3 is 35.3 Å². The minimum Gasteiger partial charge on any atom is -0.508 e. The summed E-state index contributed by atoms with van der Waals surface area (Å²) in [7, 11) is 0. The van der Waals surface area contributed by atoms with Crippen molar-refractivity contribution >= 4 is 23.5 Å². The van der Waals surface area contributed by atoms with Crippen molar-refractivity contribution in [2.24, 2.45) is 5.92 Å². The number of ketones is 2. The molecule has 4 aromatic rings. The standard InChI is InChI=1S/C39H45N3O6/c43-28-6-3-5-25(19-28)10-13-29(44)22-33-32-16-18-40-34(32)21-27(24-42-38-9-4-17-41-38)39(33)36(47)23-30(45)14-11-26-12-15-35(46)37(20-26)48-31-7-1-2-8-31/h3-6,9,12,15-21,29,31,33,39-44,46H,1-2,7-8,10-11,13-14,22-24H2. The van der Waals surface area contributed by atoms with Crippen LogP contribution in [0.15, 0.2) is 78.6 Å². The van der Waals surface area contributed by atoms with Crippen LogP contribution in [0.1, 0.15) is 79.7 Å². The molecule has 0 spiro atoms. The van der Waals surface area contributed by atoms with Gasteiger partial charge >= 0.3 is 0 Å². The first-order valence-corrected chi connectivity index (χ1v) is 17.1. The van der Waals surface area contributed by atoms with Gasteiger partial charge in [-0.3, -0.25) is 9.59 Å². The fraction of sp³-hybridized carbons (Fsp3) is 0.385. The zero-order valence-corrected chi connectivity index (χ0v) is 27.2. The van der Waals surface area contributed by atoms with E-state index in [1.165, 1.54) is 0 Å². The average Bonchev–Trinajstić information content (AvgIpc) is 3.87. The number of rotatable bonds is 16. The summed E-state index contributed by atoms with van der Waals surface area (Å²) >= 11 is 0. The SMILES string of the molecule is O=C(CCc1ccc(O)c(OC2CCCC2)c1)CC(=O)C1C(CNc2ccc[nH]2)=Cc2[nH]ccc2C1CC(O)CCc1cccc(O)c1. The highest BCUT2D eigenvalue weighted by molar-refractivity contribution is 6.02. The van der Waals surface area contributed by atoms with Gasteiger partial charge in [0.15, 0.2) is 11.5 Å². The van der Waals surface area contributed by atoms with Gasteiger partial charge in [0, 0.05) is 42.9 Å². The number of aromatic amines is 2. The number of hydrogen-bond donors (Lipinski definition) is 6. The summed E-state index contributed by atoms with van der Waals surface area (Å²) in [6, 6.07) is 18.0. The third kappa shape index (κ3) is 8.39. The Morgan fingerprint density at radius 1 is 0.938 bits per heavy atom. The molecule has 48 heavy (non-hydrogen) atoms. The molecular weight excluding hydrogens is 606 g/mol. The molecule has 6 rings (SSSR count). The number of phenolic OH excluding ortho intramolecular Hbond substituents is 2. The number of ether oxygens (including phenoxy) is 1. The highest BCUT2D eigenvalue weighted by Gasteiger charge is 2.38. The number of aliphatic hydroxyl groups excluding tert-OH is 1. The van der Waals surface area contributed by atoms with Crippen LogP contribution in [0.4, 0.5) is 5.82 Å². The fourth-order valence-electron chi connectivity index (χ4n) is 7.18. The Bertz CT molecular complexity index is 1720. The number of anilines is 1. The van der Waals surface area contributed by atoms with Crippen molar-refractivity contribution in [3.8, 4) is 17.2 Å². The Morgan fingerprint density at radius 2 is 1.77 bits per heavy atom. The van der Waals surface area contributed by atoms with Crippen molar-refractivity contribution in [2.45, 2.75) is 82.3 Å². The number of aliphatic hydroxyl groups is 1. The molecule has 0 amide bonds. The van der Waals surface area contributed by atoms with E-state index >= 15 is 0 Å². The zero-order chi connectivity index (χ0) is 33.5. The third-order valence-corrected chi connectivity index (χ3v) is 9.66. The summed E-state index contributed by atoms with van der Waals surface area (Å²) in [6.45, 7) is 0.400. The van der Waals surface area contributed by atoms with Crippen molar-refractivity contribution < 1.29 is 29.6 Å². The van der Waals surface area contributed by atoms with Crippen LogP contribution in [0.2, 0.25) is 0 Å². The van der Waals surface area contributed by atoms with Crippen molar-refractivity contribution in [3.05, 3.63) is 101 Å². The Morgan fingerprint density at radius 3 is 2.56 bits per heavy atom. The zero-order valence-electron chi connectivity index (χ0n) is 27.2. The van der Waals surface area contributed by atoms with Crippen molar-refractivity contribution in [1.29, 1.82) is 0 Å². The van der Waals surface area contributed by atoms with Crippen molar-refractivity contribution in [2.75, 3.05) is 11.9 Å². The maximum absolute atomic E-state index is 14.2. The molecule has 6 N–H and O–H groups in total. The van der Waals surface area contributed by atoms with E-state index in [-0.39, 0.29) is 47.9 Å². The van der Waals surface area contributed by atoms with E-state index in [1.54, 1.807) is 36.4 Å². The molecule has 1 fully saturated rings. The molecule has 2 aliphatic carbocycles. The number of nitrogens with one attached hydrogen (secondary N) is 3. The lowest BCUT2D eigenvalue weighted by Gasteiger charge is -2.33. The molecule has 2 aromatic carbocycles. The van der Waals surface area contributed by atoms with E-state index in [0.717, 1.165) is 59.5 Å². The molecule has 0 bridgehead atoms. The highest BCUT2D eigenvalue weighted by atomic mass is 16.5. The average molecular weight is 652 g/mol. The molecule has 3 unspecified atom stereocenters. The van der Waals surface area contributed by atoms with E-state index in [2.05, 4.69) is 15.3 Å². The van der Waals surface area contributed by atoms with Crippen LogP contribution < -0.4 is 10.1 Å². The van der Waals surface area contributed by atoms with Gasteiger partial charge in [-0.25, -0.2) is 0 Å². The van der Waals surface area contributed by atoms with Crippen LogP contribution in [-0.2, 0) is 22.4 Å². The van der Waals surface area contributed by atoms with Gasteiger partial charge in [-0.15, -0.1) is 0 Å². The van der Waals surface area contributed by atoms with Gasteiger partial charge in [-0.05, 0) is 122 Å². The lowest BCUT2D eigenvalue weighted by molar-refractivity contribution is -0.129. The first-order chi connectivity index (χ1) is 23.3. The molecule has 0 aliphatic heterocycles. The summed E-state index contributed by atoms with van der Waals surface area (Å²) in [6.07, 6.45) is 11.1. The minimum absolute atomic E-state index is 0.0935. The molecule has 252 valence electrons. The first kappa shape index (κ1) is 33.2. The monoisotopic (exact) mass is 651 g/mol. The fourth-order valence-corrected chi connectivity index (χ4v) is 7.18. The van der Waals surface area contributed by atoms with Gasteiger partial charge in [0.1, 0.15) is 23.1 Å². The summed E-state index contributed by atoms with van der Waals surface area (Å²) in [5, 5.41) is 34.8. The molecule has 0 radical (unpaired) electrons. The Labute approximate surface area is 281 Å². The van der Waals surface area contributed by atoms with Crippen LogP contribution >= 0.6 is 0 Å². The van der Waals surface area contributed by atoms with E-state index in [4.69, 9.17) is 4.74 Å². The van der Waals surface area contributed by atoms with Gasteiger partial charge in [0.25, 0.3) is 0 Å². The summed E-state index contributed by atoms with van der Waals surface area (Å²) < 4.78 is 6.03. The number of hydrogen-bond acceptors (Lipinski definition) is 7. The number of Topliss-reactive ketones (excluding diaryl/α,β-unsaturated/α-hetero) is 2. The first-order valence-electron chi connectivity index (χ1n) is 17.1. The van der Waals surface area contributed by atoms with Gasteiger partial charge in [0.2, 0.25) is 0 Å². The number of aryl methyl sites for hydroxylation is 2. The maximum Gasteiger partial charge on any atom is 0.161 e. The molecule has 9 nitrogen and oxygen atoms in total. The Balaban J connectivity index is 1.15. The molecule has 2 heterocycles. The number of H-pyrrole nitrogens is 2. The number of phenols is 2. The number of fused-ring (bicyclic) bond motifs is 1. The van der Waals surface area contributed by atoms with Crippen LogP contribution in [0.25, 0.3) is 6.08 Å². The second kappa shape index (κ2) is 15.4. The highest BCUT2D eigenvalue weighted by Crippen LogP contribution is 2.43. The number of carbonyl (C=O) groups excluding carboxylic acids is 2. The smallest absolute Gasteiger partial charge is 0.161 e. The second-order valence-corrected chi connectivity index (χ2v) is 13.2. The third-order valence-electron chi connectivity index (χ3n) is 9.66. The molecule has 2 aliphatic rings. The van der Waals surface area contributed by atoms with Crippen LogP contribution in [0.5, 0.6) is 17.2 Å². The number of benzene rings is 2. The topological polar surface area (TPSA) is 148 Å². The maximum atomic E-state index is 14.2. The Hall–Kier alpha value is -4.76. The lowest BCUT2D eigenvalue weighted by atomic mass is 9.71. The quantitative estimate of drug-likeness (QED) is 0.0728. The molecular formula is C39H45N3O6. The molecule has 3 atom stereocenters. The van der Waals surface area contributed by atoms with Crippen LogP contribution in [0.3, 0.4) is 0 Å². The van der Waals surface area contributed by atoms with Crippen LogP contribution in [0, 0.1) is 5.92 Å². The number of aromatic hydroxyl groups is 2. The summed E-state index contributed by atoms with van der Waals surface area (Å²) in [5.41, 5.74) is 4.52. The van der Waals surface area contributed by atoms with Gasteiger partial charge in [-0.2, -0.15) is 0 Å². The largest absolute Gasteiger partial charge is 0.508 e. The summed E-state index contributed by atoms with van der Waals surface area (Å²) in [4.78, 5) is 33.9. The van der Waals surface area contributed by atoms with E-state index in [0.29, 0.717) is 38.0 Å². The van der Waals surface area contributed by atoms with Crippen LogP contribution in [-0.4, -0.2) is 55.6 Å². The predicted octanol–water partition coefficient (Wildman–Crippen LogP) is 6.83. The van der Waals surface area contributed by atoms with Crippen molar-refractivity contribution in [3.63, 3.8) is 0 Å². The van der Waals surface area contributed by atoms with Crippen molar-refractivity contribution in [1.82, 2.24) is 9.97 Å². The van der Waals surface area contributed by atoms with E-state index < -0.39 is 12.0 Å². The molecule has 9 heteroatoms. The summed E-state index contributed by atoms with van der Waals surface area (Å²) in [5.74, 6) is 0.341. The lowest BCUT2D eigenvalue weighted by Crippen LogP contribution is -2.33. The number of aromatic nitrogens is 2. The van der Waals surface area contributed by atoms with E-state index in [9.17, 15) is 24.9 Å². The molecule has 1 saturated carbocycles. The Kier molecular flexibility index (Phi) is 10.7. The second-order valence-electron chi connectivity index (χ2n) is 13.2. The predicted molar refractivity (Wildman–Crippen MR) is 185 cm³/mol. The normalized spacial score (nSPS) is 18.2. The number of carbonyl (C=O) groups is 2. The van der Waals surface area contributed by atoms with Gasteiger partial charge in [0.05, 0.1) is 18.6 Å². The van der Waals surface area contributed by atoms with E-state index in [1.807, 2.05) is 42.7 Å². The molecule has 0 saturated heterocycles.